The van der Waals surface area contributed by atoms with Crippen LogP contribution in [0, 0.1) is 5.82 Å². The molecule has 29 heavy (non-hydrogen) atoms. The summed E-state index contributed by atoms with van der Waals surface area (Å²) in [6.07, 6.45) is 1.60. The number of esters is 1. The number of anilines is 1. The molecule has 2 aromatic carbocycles. The van der Waals surface area contributed by atoms with Crippen LogP contribution in [0.3, 0.4) is 0 Å². The number of carbonyl (C=O) groups excluding carboxylic acids is 2. The molecule has 1 amide bonds. The van der Waals surface area contributed by atoms with Crippen LogP contribution < -0.4 is 4.90 Å². The minimum absolute atomic E-state index is 0.247. The quantitative estimate of drug-likeness (QED) is 0.673. The van der Waals surface area contributed by atoms with Crippen molar-refractivity contribution in [2.45, 2.75) is 5.75 Å². The van der Waals surface area contributed by atoms with Crippen LogP contribution in [0.2, 0.25) is 0 Å². The molecule has 0 saturated carbocycles. The van der Waals surface area contributed by atoms with Gasteiger partial charge in [0.2, 0.25) is 0 Å². The van der Waals surface area contributed by atoms with Gasteiger partial charge in [-0.05, 0) is 42.0 Å². The van der Waals surface area contributed by atoms with Gasteiger partial charge in [-0.1, -0.05) is 12.1 Å². The van der Waals surface area contributed by atoms with Gasteiger partial charge in [0, 0.05) is 54.7 Å². The minimum Gasteiger partial charge on any atom is -0.452 e. The van der Waals surface area contributed by atoms with E-state index < -0.39 is 16.8 Å². The first kappa shape index (κ1) is 21.0. The average molecular weight is 418 g/mol. The number of hydrogen-bond acceptors (Lipinski definition) is 5. The predicted molar refractivity (Wildman–Crippen MR) is 110 cm³/mol. The molecule has 0 radical (unpaired) electrons. The molecule has 0 N–H and O–H groups in total. The van der Waals surface area contributed by atoms with Gasteiger partial charge in [0.05, 0.1) is 5.56 Å². The lowest BCUT2D eigenvalue weighted by molar-refractivity contribution is -0.134. The van der Waals surface area contributed by atoms with E-state index in [0.717, 1.165) is 11.3 Å². The van der Waals surface area contributed by atoms with E-state index in [1.54, 1.807) is 47.6 Å². The molecule has 0 spiro atoms. The number of halogens is 1. The van der Waals surface area contributed by atoms with Crippen LogP contribution in [0.15, 0.2) is 48.5 Å². The van der Waals surface area contributed by atoms with Crippen LogP contribution in [0.1, 0.15) is 15.9 Å². The zero-order valence-corrected chi connectivity index (χ0v) is 17.0. The maximum Gasteiger partial charge on any atom is 0.338 e. The fraction of sp³-hybridized carbons (Fsp3) is 0.333. The summed E-state index contributed by atoms with van der Waals surface area (Å²) in [6, 6.07) is 13.0. The van der Waals surface area contributed by atoms with E-state index in [2.05, 4.69) is 4.90 Å². The summed E-state index contributed by atoms with van der Waals surface area (Å²) in [7, 11) is -1.01. The topological polar surface area (TPSA) is 66.9 Å². The first-order chi connectivity index (χ1) is 13.9. The standard InChI is InChI=1S/C21H23FN2O4S/c1-29(27)15-16-3-2-4-17(13-16)21(26)28-14-20(25)24-11-9-23(10-12-24)19-7-5-18(22)6-8-19/h2-8,13H,9-12,14-15H2,1H3. The number of nitrogens with zero attached hydrogens (tertiary/aromatic N) is 2. The summed E-state index contributed by atoms with van der Waals surface area (Å²) >= 11 is 0. The fourth-order valence-corrected chi connectivity index (χ4v) is 3.84. The molecular formula is C21H23FN2O4S. The van der Waals surface area contributed by atoms with E-state index >= 15 is 0 Å². The first-order valence-electron chi connectivity index (χ1n) is 9.27. The average Bonchev–Trinajstić information content (AvgIpc) is 2.72. The van der Waals surface area contributed by atoms with Crippen molar-refractivity contribution >= 4 is 28.4 Å². The zero-order valence-electron chi connectivity index (χ0n) is 16.2. The monoisotopic (exact) mass is 418 g/mol. The molecule has 1 saturated heterocycles. The molecule has 8 heteroatoms. The Morgan fingerprint density at radius 3 is 2.41 bits per heavy atom. The summed E-state index contributed by atoms with van der Waals surface area (Å²) in [4.78, 5) is 28.3. The Balaban J connectivity index is 1.48. The number of rotatable bonds is 6. The van der Waals surface area contributed by atoms with Crippen molar-refractivity contribution in [1.82, 2.24) is 4.90 Å². The summed E-state index contributed by atoms with van der Waals surface area (Å²) in [6.45, 7) is 1.94. The van der Waals surface area contributed by atoms with Crippen LogP contribution in [-0.2, 0) is 26.1 Å². The largest absolute Gasteiger partial charge is 0.452 e. The van der Waals surface area contributed by atoms with Crippen LogP contribution in [-0.4, -0.2) is 60.0 Å². The third kappa shape index (κ3) is 5.87. The Hall–Kier alpha value is -2.74. The maximum absolute atomic E-state index is 13.0. The third-order valence-electron chi connectivity index (χ3n) is 4.68. The van der Waals surface area contributed by atoms with Crippen molar-refractivity contribution in [2.75, 3.05) is 43.9 Å². The number of ether oxygens (including phenoxy) is 1. The van der Waals surface area contributed by atoms with E-state index in [1.165, 1.54) is 12.1 Å². The van der Waals surface area contributed by atoms with Gasteiger partial charge in [-0.2, -0.15) is 0 Å². The van der Waals surface area contributed by atoms with Gasteiger partial charge in [0.15, 0.2) is 6.61 Å². The minimum atomic E-state index is -1.01. The Morgan fingerprint density at radius 1 is 1.07 bits per heavy atom. The SMILES string of the molecule is CS(=O)Cc1cccc(C(=O)OCC(=O)N2CCN(c3ccc(F)cc3)CC2)c1. The van der Waals surface area contributed by atoms with Gasteiger partial charge in [-0.25, -0.2) is 9.18 Å². The lowest BCUT2D eigenvalue weighted by atomic mass is 10.1. The smallest absolute Gasteiger partial charge is 0.338 e. The van der Waals surface area contributed by atoms with E-state index in [-0.39, 0.29) is 18.3 Å². The Kier molecular flexibility index (Phi) is 6.98. The Morgan fingerprint density at radius 2 is 1.76 bits per heavy atom. The van der Waals surface area contributed by atoms with Crippen molar-refractivity contribution in [3.63, 3.8) is 0 Å². The molecule has 1 atom stereocenters. The number of carbonyl (C=O) groups is 2. The molecule has 1 unspecified atom stereocenters. The molecule has 0 bridgehead atoms. The Bertz CT molecular complexity index is 896. The molecule has 6 nitrogen and oxygen atoms in total. The van der Waals surface area contributed by atoms with Gasteiger partial charge in [-0.15, -0.1) is 0 Å². The normalized spacial score (nSPS) is 15.1. The molecule has 1 aliphatic rings. The van der Waals surface area contributed by atoms with Crippen molar-refractivity contribution < 1.29 is 22.9 Å². The van der Waals surface area contributed by atoms with Crippen LogP contribution in [0.5, 0.6) is 0 Å². The van der Waals surface area contributed by atoms with Crippen molar-refractivity contribution in [2.24, 2.45) is 0 Å². The molecular weight excluding hydrogens is 395 g/mol. The second-order valence-corrected chi connectivity index (χ2v) is 8.27. The highest BCUT2D eigenvalue weighted by Gasteiger charge is 2.22. The highest BCUT2D eigenvalue weighted by Crippen LogP contribution is 2.17. The van der Waals surface area contributed by atoms with Gasteiger partial charge in [-0.3, -0.25) is 9.00 Å². The number of benzene rings is 2. The highest BCUT2D eigenvalue weighted by atomic mass is 32.2. The summed E-state index contributed by atoms with van der Waals surface area (Å²) < 4.78 is 29.5. The molecule has 1 heterocycles. The zero-order chi connectivity index (χ0) is 20.8. The number of piperazine rings is 1. The molecule has 1 aliphatic heterocycles. The van der Waals surface area contributed by atoms with E-state index in [1.807, 2.05) is 0 Å². The fourth-order valence-electron chi connectivity index (χ4n) is 3.19. The molecule has 1 fully saturated rings. The first-order valence-corrected chi connectivity index (χ1v) is 11.0. The summed E-state index contributed by atoms with van der Waals surface area (Å²) in [5.74, 6) is -0.744. The second kappa shape index (κ2) is 9.65. The van der Waals surface area contributed by atoms with Gasteiger partial charge in [0.1, 0.15) is 5.82 Å². The summed E-state index contributed by atoms with van der Waals surface area (Å²) in [5.41, 5.74) is 2.03. The summed E-state index contributed by atoms with van der Waals surface area (Å²) in [5, 5.41) is 0. The second-order valence-electron chi connectivity index (χ2n) is 6.84. The molecule has 154 valence electrons. The van der Waals surface area contributed by atoms with Crippen LogP contribution in [0.4, 0.5) is 10.1 Å². The highest BCUT2D eigenvalue weighted by molar-refractivity contribution is 7.83. The number of amides is 1. The van der Waals surface area contributed by atoms with Crippen molar-refractivity contribution in [3.8, 4) is 0 Å². The van der Waals surface area contributed by atoms with Crippen molar-refractivity contribution in [3.05, 3.63) is 65.5 Å². The van der Waals surface area contributed by atoms with Crippen molar-refractivity contribution in [1.29, 1.82) is 0 Å². The molecule has 0 aliphatic carbocycles. The van der Waals surface area contributed by atoms with Gasteiger partial charge < -0.3 is 14.5 Å². The lowest BCUT2D eigenvalue weighted by Crippen LogP contribution is -2.49. The number of hydrogen-bond donors (Lipinski definition) is 0. The Labute approximate surface area is 171 Å². The third-order valence-corrected chi connectivity index (χ3v) is 5.42. The van der Waals surface area contributed by atoms with E-state index in [4.69, 9.17) is 4.74 Å². The predicted octanol–water partition coefficient (Wildman–Crippen LogP) is 2.21. The van der Waals surface area contributed by atoms with Gasteiger partial charge >= 0.3 is 5.97 Å². The van der Waals surface area contributed by atoms with Gasteiger partial charge in [0.25, 0.3) is 5.91 Å². The van der Waals surface area contributed by atoms with Crippen LogP contribution in [0.25, 0.3) is 0 Å². The maximum atomic E-state index is 13.0. The lowest BCUT2D eigenvalue weighted by Gasteiger charge is -2.36. The molecule has 2 aromatic rings. The van der Waals surface area contributed by atoms with E-state index in [9.17, 15) is 18.2 Å². The molecule has 3 rings (SSSR count). The van der Waals surface area contributed by atoms with E-state index in [0.29, 0.717) is 37.5 Å². The molecule has 0 aromatic heterocycles. The van der Waals surface area contributed by atoms with Crippen LogP contribution >= 0.6 is 0 Å².